The zero-order chi connectivity index (χ0) is 9.30. The van der Waals surface area contributed by atoms with Crippen LogP contribution < -0.4 is 0 Å². The summed E-state index contributed by atoms with van der Waals surface area (Å²) in [6.07, 6.45) is -2.56. The second-order valence-electron chi connectivity index (χ2n) is 1.93. The van der Waals surface area contributed by atoms with E-state index in [1.807, 2.05) is 45.2 Å². The number of aromatic nitrogens is 1. The van der Waals surface area contributed by atoms with Crippen LogP contribution >= 0.6 is 56.8 Å². The Labute approximate surface area is 100 Å². The van der Waals surface area contributed by atoms with Gasteiger partial charge in [-0.2, -0.15) is 0 Å². The van der Waals surface area contributed by atoms with E-state index >= 15 is 0 Å². The third-order valence-electron chi connectivity index (χ3n) is 1.12. The van der Waals surface area contributed by atoms with E-state index in [0.717, 1.165) is 0 Å². The molecule has 66 valence electrons. The van der Waals surface area contributed by atoms with Crippen LogP contribution in [0.2, 0.25) is 5.02 Å². The molecule has 0 aliphatic heterocycles. The van der Waals surface area contributed by atoms with E-state index in [1.54, 1.807) is 0 Å². The van der Waals surface area contributed by atoms with E-state index in [-0.39, 0.29) is 5.69 Å². The molecule has 0 saturated carbocycles. The largest absolute Gasteiger partial charge is 0.280 e. The minimum Gasteiger partial charge on any atom is -0.240 e. The molecule has 0 bridgehead atoms. The zero-order valence-corrected chi connectivity index (χ0v) is 10.6. The van der Waals surface area contributed by atoms with Crippen molar-refractivity contribution in [3.8, 4) is 0 Å². The van der Waals surface area contributed by atoms with Gasteiger partial charge >= 0.3 is 0 Å². The van der Waals surface area contributed by atoms with Crippen molar-refractivity contribution in [1.29, 1.82) is 0 Å². The Morgan fingerprint density at radius 1 is 1.42 bits per heavy atom. The molecule has 0 aromatic carbocycles. The zero-order valence-electron chi connectivity index (χ0n) is 5.49. The maximum Gasteiger partial charge on any atom is 0.280 e. The Hall–Kier alpha value is 0.760. The van der Waals surface area contributed by atoms with Gasteiger partial charge in [-0.25, -0.2) is 13.8 Å². The van der Waals surface area contributed by atoms with Gasteiger partial charge in [0.05, 0.1) is 8.59 Å². The molecule has 0 unspecified atom stereocenters. The maximum absolute atomic E-state index is 12.1. The number of halogens is 5. The Morgan fingerprint density at radius 2 is 2.00 bits per heavy atom. The van der Waals surface area contributed by atoms with Gasteiger partial charge in [-0.15, -0.1) is 0 Å². The lowest BCUT2D eigenvalue weighted by atomic mass is 10.4. The van der Waals surface area contributed by atoms with Crippen LogP contribution in [0.3, 0.4) is 0 Å². The number of hydrogen-bond donors (Lipinski definition) is 0. The van der Waals surface area contributed by atoms with Crippen molar-refractivity contribution in [3.63, 3.8) is 0 Å². The summed E-state index contributed by atoms with van der Waals surface area (Å²) in [5.41, 5.74) is -0.273. The van der Waals surface area contributed by atoms with E-state index in [1.165, 1.54) is 6.07 Å². The first kappa shape index (κ1) is 10.8. The molecule has 1 aromatic heterocycles. The van der Waals surface area contributed by atoms with E-state index in [0.29, 0.717) is 12.3 Å². The molecule has 0 aliphatic carbocycles. The van der Waals surface area contributed by atoms with E-state index in [2.05, 4.69) is 4.98 Å². The van der Waals surface area contributed by atoms with Crippen molar-refractivity contribution in [3.05, 3.63) is 24.1 Å². The predicted molar refractivity (Wildman–Crippen MR) is 59.6 cm³/mol. The summed E-state index contributed by atoms with van der Waals surface area (Å²) in [4.78, 5) is 3.68. The Kier molecular flexibility index (Phi) is 3.90. The van der Waals surface area contributed by atoms with Crippen LogP contribution in [0.1, 0.15) is 12.1 Å². The quantitative estimate of drug-likeness (QED) is 0.501. The molecular formula is C6H2ClF2I2N. The first-order valence-electron chi connectivity index (χ1n) is 2.82. The first-order valence-corrected chi connectivity index (χ1v) is 5.35. The number of pyridine rings is 1. The SMILES string of the molecule is FC(F)c1cc(Cl)c(I)c(I)n1. The molecule has 1 heterocycles. The molecule has 0 amide bonds. The molecule has 1 rings (SSSR count). The van der Waals surface area contributed by atoms with E-state index in [9.17, 15) is 8.78 Å². The molecule has 12 heavy (non-hydrogen) atoms. The van der Waals surface area contributed by atoms with Gasteiger partial charge in [-0.3, -0.25) is 0 Å². The predicted octanol–water partition coefficient (Wildman–Crippen LogP) is 3.88. The van der Waals surface area contributed by atoms with Crippen LogP contribution in [0.25, 0.3) is 0 Å². The molecule has 0 fully saturated rings. The Morgan fingerprint density at radius 3 is 2.42 bits per heavy atom. The first-order chi connectivity index (χ1) is 5.52. The van der Waals surface area contributed by atoms with Gasteiger partial charge in [0.25, 0.3) is 6.43 Å². The van der Waals surface area contributed by atoms with Crippen molar-refractivity contribution in [2.75, 3.05) is 0 Å². The lowest BCUT2D eigenvalue weighted by Crippen LogP contribution is -1.95. The maximum atomic E-state index is 12.1. The minimum absolute atomic E-state index is 0.273. The molecule has 1 aromatic rings. The fraction of sp³-hybridized carbons (Fsp3) is 0.167. The molecule has 0 saturated heterocycles. The van der Waals surface area contributed by atoms with Gasteiger partial charge in [0.1, 0.15) is 9.39 Å². The lowest BCUT2D eigenvalue weighted by molar-refractivity contribution is 0.146. The molecule has 0 radical (unpaired) electrons. The highest BCUT2D eigenvalue weighted by Crippen LogP contribution is 2.27. The Bertz CT molecular complexity index is 283. The molecule has 0 N–H and O–H groups in total. The van der Waals surface area contributed by atoms with Crippen LogP contribution in [0.4, 0.5) is 8.78 Å². The van der Waals surface area contributed by atoms with Crippen LogP contribution in [0, 0.1) is 7.27 Å². The van der Waals surface area contributed by atoms with E-state index < -0.39 is 6.43 Å². The summed E-state index contributed by atoms with van der Waals surface area (Å²) in [6, 6.07) is 1.19. The van der Waals surface area contributed by atoms with Crippen molar-refractivity contribution < 1.29 is 8.78 Å². The average molecular weight is 415 g/mol. The van der Waals surface area contributed by atoms with Gasteiger partial charge < -0.3 is 0 Å². The van der Waals surface area contributed by atoms with E-state index in [4.69, 9.17) is 11.6 Å². The molecule has 0 spiro atoms. The summed E-state index contributed by atoms with van der Waals surface area (Å²) in [7, 11) is 0. The van der Waals surface area contributed by atoms with Crippen LogP contribution in [0.5, 0.6) is 0 Å². The topological polar surface area (TPSA) is 12.9 Å². The van der Waals surface area contributed by atoms with Gasteiger partial charge in [-0.05, 0) is 51.2 Å². The monoisotopic (exact) mass is 415 g/mol. The minimum atomic E-state index is -2.56. The van der Waals surface area contributed by atoms with Crippen molar-refractivity contribution >= 4 is 56.8 Å². The molecule has 1 nitrogen and oxygen atoms in total. The van der Waals surface area contributed by atoms with Gasteiger partial charge in [0.15, 0.2) is 0 Å². The highest BCUT2D eigenvalue weighted by Gasteiger charge is 2.13. The summed E-state index contributed by atoms with van der Waals surface area (Å²) in [5, 5.41) is 0.324. The lowest BCUT2D eigenvalue weighted by Gasteiger charge is -2.02. The fourth-order valence-corrected chi connectivity index (χ4v) is 1.80. The smallest absolute Gasteiger partial charge is 0.240 e. The summed E-state index contributed by atoms with van der Waals surface area (Å²) in [5.74, 6) is 0. The van der Waals surface area contributed by atoms with Crippen LogP contribution in [-0.4, -0.2) is 4.98 Å². The second kappa shape index (κ2) is 4.32. The highest BCUT2D eigenvalue weighted by atomic mass is 127. The average Bonchev–Trinajstić information content (AvgIpc) is 1.99. The molecular weight excluding hydrogens is 413 g/mol. The molecule has 0 aliphatic rings. The van der Waals surface area contributed by atoms with Gasteiger partial charge in [0, 0.05) is 0 Å². The highest BCUT2D eigenvalue weighted by molar-refractivity contribution is 14.1. The molecule has 0 atom stereocenters. The van der Waals surface area contributed by atoms with Crippen molar-refractivity contribution in [2.45, 2.75) is 6.43 Å². The summed E-state index contributed by atoms with van der Waals surface area (Å²) >= 11 is 9.51. The Balaban J connectivity index is 3.21. The van der Waals surface area contributed by atoms with Gasteiger partial charge in [-0.1, -0.05) is 11.6 Å². The van der Waals surface area contributed by atoms with Gasteiger partial charge in [0.2, 0.25) is 0 Å². The van der Waals surface area contributed by atoms with Crippen LogP contribution in [-0.2, 0) is 0 Å². The molecule has 6 heteroatoms. The number of rotatable bonds is 1. The normalized spacial score (nSPS) is 10.8. The third-order valence-corrected chi connectivity index (χ3v) is 4.64. The number of nitrogens with zero attached hydrogens (tertiary/aromatic N) is 1. The fourth-order valence-electron chi connectivity index (χ4n) is 0.598. The van der Waals surface area contributed by atoms with Crippen molar-refractivity contribution in [2.24, 2.45) is 0 Å². The number of hydrogen-bond acceptors (Lipinski definition) is 1. The summed E-state index contributed by atoms with van der Waals surface area (Å²) < 4.78 is 25.5. The third kappa shape index (κ3) is 2.38. The van der Waals surface area contributed by atoms with Crippen LogP contribution in [0.15, 0.2) is 6.07 Å². The standard InChI is InChI=1S/C6H2ClF2I2N/c7-2-1-3(5(8)9)12-6(11)4(2)10/h1,5H. The number of alkyl halides is 2. The second-order valence-corrected chi connectivity index (χ2v) is 4.44. The summed E-state index contributed by atoms with van der Waals surface area (Å²) in [6.45, 7) is 0. The van der Waals surface area contributed by atoms with Crippen molar-refractivity contribution in [1.82, 2.24) is 4.98 Å².